The van der Waals surface area contributed by atoms with Crippen LogP contribution >= 0.6 is 0 Å². The van der Waals surface area contributed by atoms with Gasteiger partial charge in [0.2, 0.25) is 0 Å². The highest BCUT2D eigenvalue weighted by Crippen LogP contribution is 2.24. The van der Waals surface area contributed by atoms with Crippen molar-refractivity contribution in [2.45, 2.75) is 13.0 Å². The first-order valence-corrected chi connectivity index (χ1v) is 3.70. The van der Waals surface area contributed by atoms with Gasteiger partial charge in [0.25, 0.3) is 0 Å². The molecule has 1 atom stereocenters. The van der Waals surface area contributed by atoms with Gasteiger partial charge in [-0.25, -0.2) is 9.59 Å². The van der Waals surface area contributed by atoms with E-state index in [1.807, 2.05) is 0 Å². The van der Waals surface area contributed by atoms with Gasteiger partial charge in [-0.1, -0.05) is 5.11 Å². The van der Waals surface area contributed by atoms with Crippen molar-refractivity contribution in [1.29, 1.82) is 0 Å². The summed E-state index contributed by atoms with van der Waals surface area (Å²) in [4.78, 5) is 24.6. The number of methoxy groups -OCH3 is 1. The summed E-state index contributed by atoms with van der Waals surface area (Å²) in [6.07, 6.45) is -0.740. The van der Waals surface area contributed by atoms with E-state index in [-0.39, 0.29) is 11.3 Å². The van der Waals surface area contributed by atoms with Crippen LogP contribution < -0.4 is 0 Å². The largest absolute Gasteiger partial charge is 0.466 e. The van der Waals surface area contributed by atoms with Gasteiger partial charge in [-0.3, -0.25) is 0 Å². The van der Waals surface area contributed by atoms with E-state index in [9.17, 15) is 9.59 Å². The second-order valence-electron chi connectivity index (χ2n) is 2.49. The third-order valence-corrected chi connectivity index (χ3v) is 1.69. The minimum Gasteiger partial charge on any atom is -0.466 e. The molecule has 1 rings (SSSR count). The molecule has 0 bridgehead atoms. The number of hydrogen-bond acceptors (Lipinski definition) is 5. The highest BCUT2D eigenvalue weighted by Gasteiger charge is 2.35. The van der Waals surface area contributed by atoms with Crippen LogP contribution in [0.3, 0.4) is 0 Å². The van der Waals surface area contributed by atoms with E-state index in [1.54, 1.807) is 0 Å². The van der Waals surface area contributed by atoms with Crippen molar-refractivity contribution in [2.24, 2.45) is 5.11 Å². The Kier molecular flexibility index (Phi) is 2.73. The van der Waals surface area contributed by atoms with Crippen molar-refractivity contribution in [3.05, 3.63) is 21.7 Å². The lowest BCUT2D eigenvalue weighted by molar-refractivity contribution is -0.140. The molecule has 0 radical (unpaired) electrons. The molecule has 0 fully saturated rings. The molecular weight excluding hydrogens is 190 g/mol. The number of rotatable bonds is 2. The number of hydrogen-bond donors (Lipinski definition) is 0. The lowest BCUT2D eigenvalue weighted by atomic mass is 10.1. The van der Waals surface area contributed by atoms with Gasteiger partial charge in [0.15, 0.2) is 0 Å². The zero-order valence-electron chi connectivity index (χ0n) is 7.55. The van der Waals surface area contributed by atoms with Crippen LogP contribution in [0.5, 0.6) is 0 Å². The molecule has 0 N–H and O–H groups in total. The summed E-state index contributed by atoms with van der Waals surface area (Å²) in [5.74, 6) is -1.54. The maximum absolute atomic E-state index is 11.2. The summed E-state index contributed by atoms with van der Waals surface area (Å²) in [7, 11) is 1.17. The normalized spacial score (nSPS) is 20.1. The molecule has 0 aromatic heterocycles. The first-order chi connectivity index (χ1) is 6.61. The van der Waals surface area contributed by atoms with Gasteiger partial charge in [-0.15, -0.1) is 0 Å². The van der Waals surface area contributed by atoms with Gasteiger partial charge >= 0.3 is 11.9 Å². The molecule has 0 spiro atoms. The van der Waals surface area contributed by atoms with Crippen LogP contribution in [0.2, 0.25) is 0 Å². The molecule has 14 heavy (non-hydrogen) atoms. The molecule has 0 aromatic carbocycles. The summed E-state index contributed by atoms with van der Waals surface area (Å²) in [5, 5.41) is 3.09. The first kappa shape index (κ1) is 10.1. The third-order valence-electron chi connectivity index (χ3n) is 1.69. The molecule has 0 saturated carbocycles. The number of azide groups is 1. The number of carbonyl (C=O) groups excluding carboxylic acids is 2. The van der Waals surface area contributed by atoms with Crippen molar-refractivity contribution in [3.63, 3.8) is 0 Å². The van der Waals surface area contributed by atoms with E-state index in [0.717, 1.165) is 0 Å². The Morgan fingerprint density at radius 1 is 1.71 bits per heavy atom. The van der Waals surface area contributed by atoms with Crippen molar-refractivity contribution in [1.82, 2.24) is 0 Å². The quantitative estimate of drug-likeness (QED) is 0.281. The topological polar surface area (TPSA) is 101 Å². The van der Waals surface area contributed by atoms with Gasteiger partial charge in [0.05, 0.1) is 12.7 Å². The van der Waals surface area contributed by atoms with Gasteiger partial charge in [0, 0.05) is 4.91 Å². The maximum atomic E-state index is 11.2. The molecule has 7 nitrogen and oxygen atoms in total. The molecule has 1 aliphatic heterocycles. The Hall–Kier alpha value is -2.01. The van der Waals surface area contributed by atoms with Crippen LogP contribution in [0.25, 0.3) is 10.4 Å². The summed E-state index contributed by atoms with van der Waals surface area (Å²) < 4.78 is 9.10. The Balaban J connectivity index is 3.21. The molecule has 0 amide bonds. The van der Waals surface area contributed by atoms with Crippen molar-refractivity contribution < 1.29 is 19.1 Å². The molecule has 0 unspecified atom stereocenters. The molecule has 74 valence electrons. The van der Waals surface area contributed by atoms with Crippen molar-refractivity contribution in [2.75, 3.05) is 7.11 Å². The third kappa shape index (κ3) is 1.53. The zero-order valence-corrected chi connectivity index (χ0v) is 7.55. The maximum Gasteiger partial charge on any atom is 0.341 e. The average molecular weight is 197 g/mol. The number of nitrogens with zero attached hydrogens (tertiary/aromatic N) is 3. The Morgan fingerprint density at radius 3 is 2.86 bits per heavy atom. The number of ether oxygens (including phenoxy) is 2. The number of carbonyl (C=O) groups is 2. The summed E-state index contributed by atoms with van der Waals surface area (Å²) in [6, 6.07) is 0. The highest BCUT2D eigenvalue weighted by molar-refractivity contribution is 6.03. The molecular formula is C7H7N3O4. The Bertz CT molecular complexity index is 367. The lowest BCUT2D eigenvalue weighted by Crippen LogP contribution is -2.14. The number of esters is 2. The highest BCUT2D eigenvalue weighted by atomic mass is 16.6. The van der Waals surface area contributed by atoms with Crippen molar-refractivity contribution in [3.8, 4) is 0 Å². The van der Waals surface area contributed by atoms with Crippen LogP contribution in [0.1, 0.15) is 6.92 Å². The van der Waals surface area contributed by atoms with E-state index in [4.69, 9.17) is 5.53 Å². The molecule has 7 heteroatoms. The lowest BCUT2D eigenvalue weighted by Gasteiger charge is -2.04. The minimum absolute atomic E-state index is 0.0460. The molecule has 0 aromatic rings. The van der Waals surface area contributed by atoms with Crippen molar-refractivity contribution >= 4 is 11.9 Å². The monoisotopic (exact) mass is 197 g/mol. The Labute approximate surface area is 78.9 Å². The van der Waals surface area contributed by atoms with Gasteiger partial charge < -0.3 is 9.47 Å². The second-order valence-corrected chi connectivity index (χ2v) is 2.49. The predicted molar refractivity (Wildman–Crippen MR) is 43.7 cm³/mol. The first-order valence-electron chi connectivity index (χ1n) is 3.70. The summed E-state index contributed by atoms with van der Waals surface area (Å²) in [5.41, 5.74) is 7.79. The fourth-order valence-electron chi connectivity index (χ4n) is 1.09. The van der Waals surface area contributed by atoms with E-state index in [0.29, 0.717) is 0 Å². The van der Waals surface area contributed by atoms with Gasteiger partial charge in [0.1, 0.15) is 11.8 Å². The smallest absolute Gasteiger partial charge is 0.341 e. The average Bonchev–Trinajstić information content (AvgIpc) is 2.42. The zero-order chi connectivity index (χ0) is 10.7. The molecule has 0 saturated heterocycles. The molecule has 1 heterocycles. The summed E-state index contributed by atoms with van der Waals surface area (Å²) in [6.45, 7) is 1.49. The number of cyclic esters (lactones) is 1. The minimum atomic E-state index is -0.810. The van der Waals surface area contributed by atoms with Crippen LogP contribution in [-0.4, -0.2) is 25.2 Å². The fourth-order valence-corrected chi connectivity index (χ4v) is 1.09. The van der Waals surface area contributed by atoms with E-state index in [1.165, 1.54) is 14.0 Å². The fraction of sp³-hybridized carbons (Fsp3) is 0.429. The van der Waals surface area contributed by atoms with E-state index < -0.39 is 18.0 Å². The predicted octanol–water partition coefficient (Wildman–Crippen LogP) is 0.669. The summed E-state index contributed by atoms with van der Waals surface area (Å²) >= 11 is 0. The van der Waals surface area contributed by atoms with Crippen LogP contribution in [0.4, 0.5) is 0 Å². The standard InChI is InChI=1S/C7H7N3O4/c1-3-4(6(11)13-2)5(9-10-8)7(12)14-3/h3H,1-2H3/t3-/m1/s1. The SMILES string of the molecule is COC(=O)C1=C(N=[N+]=[N-])C(=O)O[C@@H]1C. The van der Waals surface area contributed by atoms with E-state index in [2.05, 4.69) is 19.5 Å². The van der Waals surface area contributed by atoms with E-state index >= 15 is 0 Å². The van der Waals surface area contributed by atoms with Crippen LogP contribution in [0, 0.1) is 0 Å². The van der Waals surface area contributed by atoms with Crippen LogP contribution in [-0.2, 0) is 19.1 Å². The molecule has 0 aliphatic carbocycles. The second kappa shape index (κ2) is 3.80. The van der Waals surface area contributed by atoms with Crippen LogP contribution in [0.15, 0.2) is 16.4 Å². The molecule has 1 aliphatic rings. The van der Waals surface area contributed by atoms with Gasteiger partial charge in [-0.2, -0.15) is 0 Å². The van der Waals surface area contributed by atoms with Gasteiger partial charge in [-0.05, 0) is 12.5 Å². The Morgan fingerprint density at radius 2 is 2.36 bits per heavy atom.